The molecule has 0 aromatic rings. The van der Waals surface area contributed by atoms with E-state index in [4.69, 9.17) is 5.73 Å². The van der Waals surface area contributed by atoms with Crippen molar-refractivity contribution in [2.75, 3.05) is 13.1 Å². The highest BCUT2D eigenvalue weighted by molar-refractivity contribution is 4.92. The van der Waals surface area contributed by atoms with Gasteiger partial charge in [0.1, 0.15) is 0 Å². The number of likely N-dealkylation sites (tertiary alicyclic amines) is 1. The maximum atomic E-state index is 5.99. The first-order valence-electron chi connectivity index (χ1n) is 7.18. The maximum absolute atomic E-state index is 5.99. The summed E-state index contributed by atoms with van der Waals surface area (Å²) in [6.07, 6.45) is 8.50. The Morgan fingerprint density at radius 2 is 1.94 bits per heavy atom. The normalized spacial score (nSPS) is 33.0. The zero-order valence-electron chi connectivity index (χ0n) is 11.0. The van der Waals surface area contributed by atoms with E-state index in [1.165, 1.54) is 45.1 Å². The summed E-state index contributed by atoms with van der Waals surface area (Å²) in [5.41, 5.74) is 5.99. The summed E-state index contributed by atoms with van der Waals surface area (Å²) in [5, 5.41) is 0. The third-order valence-electron chi connectivity index (χ3n) is 4.52. The smallest absolute Gasteiger partial charge is 0.0223 e. The van der Waals surface area contributed by atoms with E-state index in [-0.39, 0.29) is 0 Å². The van der Waals surface area contributed by atoms with Crippen LogP contribution < -0.4 is 5.73 Å². The summed E-state index contributed by atoms with van der Waals surface area (Å²) in [6, 6.07) is 1.52. The molecule has 0 spiro atoms. The highest BCUT2D eigenvalue weighted by Gasteiger charge is 2.37. The SMILES string of the molecule is CC(C)CC(CN)N1CCCC2CCCC21. The fourth-order valence-corrected chi connectivity index (χ4v) is 3.86. The first kappa shape index (κ1) is 12.4. The summed E-state index contributed by atoms with van der Waals surface area (Å²) in [6.45, 7) is 6.79. The van der Waals surface area contributed by atoms with E-state index in [9.17, 15) is 0 Å². The number of hydrogen-bond donors (Lipinski definition) is 1. The molecule has 0 aromatic carbocycles. The predicted octanol–water partition coefficient (Wildman–Crippen LogP) is 2.62. The van der Waals surface area contributed by atoms with Crippen LogP contribution in [0.1, 0.15) is 52.4 Å². The van der Waals surface area contributed by atoms with Crippen molar-refractivity contribution in [3.63, 3.8) is 0 Å². The fraction of sp³-hybridized carbons (Fsp3) is 1.00. The predicted molar refractivity (Wildman–Crippen MR) is 69.4 cm³/mol. The molecule has 1 heterocycles. The van der Waals surface area contributed by atoms with Crippen LogP contribution in [-0.2, 0) is 0 Å². The monoisotopic (exact) mass is 224 g/mol. The van der Waals surface area contributed by atoms with Crippen molar-refractivity contribution in [1.29, 1.82) is 0 Å². The molecule has 2 aliphatic rings. The van der Waals surface area contributed by atoms with Gasteiger partial charge in [-0.3, -0.25) is 4.90 Å². The van der Waals surface area contributed by atoms with Crippen molar-refractivity contribution >= 4 is 0 Å². The Bertz CT molecular complexity index is 215. The van der Waals surface area contributed by atoms with Crippen molar-refractivity contribution < 1.29 is 0 Å². The second-order valence-corrected chi connectivity index (χ2v) is 6.16. The molecular formula is C14H28N2. The third kappa shape index (κ3) is 2.60. The Morgan fingerprint density at radius 3 is 2.62 bits per heavy atom. The quantitative estimate of drug-likeness (QED) is 0.795. The lowest BCUT2D eigenvalue weighted by Gasteiger charge is -2.43. The minimum absolute atomic E-state index is 0.644. The van der Waals surface area contributed by atoms with E-state index >= 15 is 0 Å². The molecule has 0 aromatic heterocycles. The van der Waals surface area contributed by atoms with E-state index < -0.39 is 0 Å². The van der Waals surface area contributed by atoms with E-state index in [1.54, 1.807) is 0 Å². The minimum Gasteiger partial charge on any atom is -0.329 e. The van der Waals surface area contributed by atoms with Gasteiger partial charge in [-0.1, -0.05) is 20.3 Å². The van der Waals surface area contributed by atoms with Gasteiger partial charge in [-0.05, 0) is 50.5 Å². The molecule has 94 valence electrons. The number of nitrogens with zero attached hydrogens (tertiary/aromatic N) is 1. The van der Waals surface area contributed by atoms with Crippen molar-refractivity contribution in [2.45, 2.75) is 64.5 Å². The molecular weight excluding hydrogens is 196 g/mol. The Hall–Kier alpha value is -0.0800. The van der Waals surface area contributed by atoms with Crippen LogP contribution in [-0.4, -0.2) is 30.1 Å². The van der Waals surface area contributed by atoms with E-state index in [0.717, 1.165) is 24.4 Å². The Kier molecular flexibility index (Phi) is 4.26. The molecule has 0 radical (unpaired) electrons. The summed E-state index contributed by atoms with van der Waals surface area (Å²) >= 11 is 0. The van der Waals surface area contributed by atoms with E-state index in [1.807, 2.05) is 0 Å². The topological polar surface area (TPSA) is 29.3 Å². The standard InChI is InChI=1S/C14H28N2/c1-11(2)9-13(10-15)16-8-4-6-12-5-3-7-14(12)16/h11-14H,3-10,15H2,1-2H3. The number of fused-ring (bicyclic) bond motifs is 1. The van der Waals surface area contributed by atoms with Crippen LogP contribution in [0.25, 0.3) is 0 Å². The van der Waals surface area contributed by atoms with Crippen LogP contribution in [0.4, 0.5) is 0 Å². The number of piperidine rings is 1. The molecule has 3 atom stereocenters. The molecule has 1 saturated carbocycles. The lowest BCUT2D eigenvalue weighted by molar-refractivity contribution is 0.0611. The summed E-state index contributed by atoms with van der Waals surface area (Å²) in [5.74, 6) is 1.77. The summed E-state index contributed by atoms with van der Waals surface area (Å²) < 4.78 is 0. The second-order valence-electron chi connectivity index (χ2n) is 6.16. The van der Waals surface area contributed by atoms with Crippen LogP contribution in [0.3, 0.4) is 0 Å². The van der Waals surface area contributed by atoms with Gasteiger partial charge in [-0.25, -0.2) is 0 Å². The first-order chi connectivity index (χ1) is 7.72. The number of rotatable bonds is 4. The van der Waals surface area contributed by atoms with E-state index in [0.29, 0.717) is 6.04 Å². The van der Waals surface area contributed by atoms with Gasteiger partial charge >= 0.3 is 0 Å². The number of hydrogen-bond acceptors (Lipinski definition) is 2. The zero-order valence-corrected chi connectivity index (χ0v) is 11.0. The van der Waals surface area contributed by atoms with Gasteiger partial charge in [0.25, 0.3) is 0 Å². The molecule has 1 saturated heterocycles. The lowest BCUT2D eigenvalue weighted by Crippen LogP contribution is -2.51. The Balaban J connectivity index is 1.99. The van der Waals surface area contributed by atoms with Crippen LogP contribution in [0.5, 0.6) is 0 Å². The van der Waals surface area contributed by atoms with Gasteiger partial charge in [0.15, 0.2) is 0 Å². The average Bonchev–Trinajstić information content (AvgIpc) is 2.73. The lowest BCUT2D eigenvalue weighted by atomic mass is 9.89. The molecule has 2 N–H and O–H groups in total. The van der Waals surface area contributed by atoms with E-state index in [2.05, 4.69) is 18.7 Å². The molecule has 0 amide bonds. The maximum Gasteiger partial charge on any atom is 0.0223 e. The van der Waals surface area contributed by atoms with Crippen LogP contribution in [0.2, 0.25) is 0 Å². The van der Waals surface area contributed by atoms with Gasteiger partial charge in [-0.2, -0.15) is 0 Å². The average molecular weight is 224 g/mol. The van der Waals surface area contributed by atoms with Crippen molar-refractivity contribution in [2.24, 2.45) is 17.6 Å². The van der Waals surface area contributed by atoms with Crippen LogP contribution in [0, 0.1) is 11.8 Å². The summed E-state index contributed by atoms with van der Waals surface area (Å²) in [7, 11) is 0. The fourth-order valence-electron chi connectivity index (χ4n) is 3.86. The highest BCUT2D eigenvalue weighted by atomic mass is 15.2. The van der Waals surface area contributed by atoms with Gasteiger partial charge in [0.05, 0.1) is 0 Å². The van der Waals surface area contributed by atoms with Crippen molar-refractivity contribution in [1.82, 2.24) is 4.90 Å². The molecule has 3 unspecified atom stereocenters. The van der Waals surface area contributed by atoms with Gasteiger partial charge in [-0.15, -0.1) is 0 Å². The molecule has 0 bridgehead atoms. The third-order valence-corrected chi connectivity index (χ3v) is 4.52. The molecule has 1 aliphatic heterocycles. The second kappa shape index (κ2) is 5.50. The molecule has 16 heavy (non-hydrogen) atoms. The molecule has 2 nitrogen and oxygen atoms in total. The molecule has 2 heteroatoms. The Morgan fingerprint density at radius 1 is 1.19 bits per heavy atom. The highest BCUT2D eigenvalue weighted by Crippen LogP contribution is 2.38. The van der Waals surface area contributed by atoms with Gasteiger partial charge in [0, 0.05) is 18.6 Å². The van der Waals surface area contributed by atoms with Crippen LogP contribution in [0.15, 0.2) is 0 Å². The van der Waals surface area contributed by atoms with Crippen molar-refractivity contribution in [3.05, 3.63) is 0 Å². The number of nitrogens with two attached hydrogens (primary N) is 1. The molecule has 2 fully saturated rings. The first-order valence-corrected chi connectivity index (χ1v) is 7.18. The molecule has 1 aliphatic carbocycles. The largest absolute Gasteiger partial charge is 0.329 e. The van der Waals surface area contributed by atoms with Crippen molar-refractivity contribution in [3.8, 4) is 0 Å². The van der Waals surface area contributed by atoms with Gasteiger partial charge < -0.3 is 5.73 Å². The molecule has 2 rings (SSSR count). The Labute approximate surface area is 101 Å². The summed E-state index contributed by atoms with van der Waals surface area (Å²) in [4.78, 5) is 2.77. The zero-order chi connectivity index (χ0) is 11.5. The van der Waals surface area contributed by atoms with Crippen LogP contribution >= 0.6 is 0 Å². The van der Waals surface area contributed by atoms with Gasteiger partial charge in [0.2, 0.25) is 0 Å². The minimum atomic E-state index is 0.644.